The van der Waals surface area contributed by atoms with Gasteiger partial charge in [0.1, 0.15) is 11.8 Å². The topological polar surface area (TPSA) is 93.9 Å². The number of hydroxylamine groups is 2. The monoisotopic (exact) mass is 347 g/mol. The van der Waals surface area contributed by atoms with Crippen molar-refractivity contribution in [2.75, 3.05) is 7.11 Å². The highest BCUT2D eigenvalue weighted by Crippen LogP contribution is 2.53. The molecule has 8 heteroatoms. The summed E-state index contributed by atoms with van der Waals surface area (Å²) in [6, 6.07) is 6.18. The molecule has 0 radical (unpaired) electrons. The number of ether oxygens (including phenoxy) is 1. The number of non-ortho nitro benzene ring substituents is 1. The normalized spacial score (nSPS) is 26.5. The summed E-state index contributed by atoms with van der Waals surface area (Å²) in [5.41, 5.74) is -1.45. The second-order valence-electron chi connectivity index (χ2n) is 7.25. The predicted octanol–water partition coefficient (Wildman–Crippen LogP) is 2.21. The van der Waals surface area contributed by atoms with Crippen molar-refractivity contribution < 1.29 is 19.3 Å². The summed E-state index contributed by atoms with van der Waals surface area (Å²) in [6.45, 7) is 7.94. The van der Waals surface area contributed by atoms with Crippen LogP contribution in [0.2, 0.25) is 0 Å². The number of esters is 1. The van der Waals surface area contributed by atoms with Gasteiger partial charge in [-0.3, -0.25) is 15.4 Å². The Kier molecular flexibility index (Phi) is 3.66. The van der Waals surface area contributed by atoms with Gasteiger partial charge in [0.25, 0.3) is 5.69 Å². The van der Waals surface area contributed by atoms with Crippen LogP contribution in [0.5, 0.6) is 0 Å². The van der Waals surface area contributed by atoms with Crippen molar-refractivity contribution in [3.63, 3.8) is 0 Å². The average Bonchev–Trinajstić information content (AvgIpc) is 3.00. The maximum atomic E-state index is 12.4. The third kappa shape index (κ3) is 2.17. The Morgan fingerprint density at radius 2 is 2.00 bits per heavy atom. The molecule has 1 fully saturated rings. The highest BCUT2D eigenvalue weighted by Gasteiger charge is 2.67. The third-order valence-electron chi connectivity index (χ3n) is 5.38. The van der Waals surface area contributed by atoms with E-state index in [1.807, 2.05) is 27.7 Å². The smallest absolute Gasteiger partial charge is 0.340 e. The molecule has 1 unspecified atom stereocenters. The molecular weight excluding hydrogens is 326 g/mol. The number of fused-ring (bicyclic) bond motifs is 1. The van der Waals surface area contributed by atoms with Gasteiger partial charge in [-0.1, -0.05) is 12.1 Å². The van der Waals surface area contributed by atoms with E-state index in [2.05, 4.69) is 5.32 Å². The van der Waals surface area contributed by atoms with E-state index in [0.717, 1.165) is 0 Å². The van der Waals surface area contributed by atoms with E-state index in [-0.39, 0.29) is 11.3 Å². The molecule has 25 heavy (non-hydrogen) atoms. The molecule has 1 aromatic rings. The summed E-state index contributed by atoms with van der Waals surface area (Å²) in [6.07, 6.45) is 1.34. The Hall–Kier alpha value is -2.45. The molecule has 1 N–H and O–H groups in total. The first kappa shape index (κ1) is 17.4. The fourth-order valence-electron chi connectivity index (χ4n) is 3.40. The molecular formula is C17H21N3O5. The van der Waals surface area contributed by atoms with E-state index in [1.165, 1.54) is 25.5 Å². The summed E-state index contributed by atoms with van der Waals surface area (Å²) < 4.78 is 4.92. The van der Waals surface area contributed by atoms with Crippen LogP contribution in [0.25, 0.3) is 0 Å². The first-order valence-electron chi connectivity index (χ1n) is 7.88. The molecule has 0 saturated carbocycles. The van der Waals surface area contributed by atoms with Gasteiger partial charge < -0.3 is 9.57 Å². The molecule has 1 aromatic carbocycles. The minimum atomic E-state index is -1.17. The molecule has 2 aliphatic rings. The van der Waals surface area contributed by atoms with Gasteiger partial charge in [-0.05, 0) is 27.7 Å². The Balaban J connectivity index is 2.25. The number of rotatable bonds is 3. The molecule has 2 aliphatic heterocycles. The fraction of sp³-hybridized carbons (Fsp3) is 0.471. The van der Waals surface area contributed by atoms with Crippen molar-refractivity contribution in [1.29, 1.82) is 0 Å². The van der Waals surface area contributed by atoms with Gasteiger partial charge in [-0.15, -0.1) is 5.06 Å². The van der Waals surface area contributed by atoms with Gasteiger partial charge in [0.05, 0.1) is 17.6 Å². The molecule has 1 saturated heterocycles. The standard InChI is InChI=1S/C17H21N3O5/c1-15(2)16(3,4)20-17(18-15,13(10-25-20)14(21)24-5)11-7-6-8-12(9-11)19(22)23/h6-10,18H,1-5H3. The average molecular weight is 347 g/mol. The first-order chi connectivity index (χ1) is 11.6. The molecule has 3 rings (SSSR count). The molecule has 0 amide bonds. The second-order valence-corrected chi connectivity index (χ2v) is 7.25. The van der Waals surface area contributed by atoms with Crippen LogP contribution in [0, 0.1) is 10.1 Å². The minimum absolute atomic E-state index is 0.0627. The molecule has 0 spiro atoms. The van der Waals surface area contributed by atoms with Crippen molar-refractivity contribution >= 4 is 11.7 Å². The lowest BCUT2D eigenvalue weighted by Gasteiger charge is -2.38. The van der Waals surface area contributed by atoms with E-state index >= 15 is 0 Å². The van der Waals surface area contributed by atoms with Gasteiger partial charge in [-0.2, -0.15) is 0 Å². The van der Waals surface area contributed by atoms with Crippen molar-refractivity contribution in [1.82, 2.24) is 10.4 Å². The molecule has 8 nitrogen and oxygen atoms in total. The zero-order chi connectivity index (χ0) is 18.6. The molecule has 134 valence electrons. The number of methoxy groups -OCH3 is 1. The van der Waals surface area contributed by atoms with E-state index in [9.17, 15) is 14.9 Å². The van der Waals surface area contributed by atoms with Crippen LogP contribution in [0.3, 0.4) is 0 Å². The Morgan fingerprint density at radius 1 is 1.32 bits per heavy atom. The number of nitro benzene ring substituents is 1. The van der Waals surface area contributed by atoms with Gasteiger partial charge in [-0.25, -0.2) is 4.79 Å². The zero-order valence-electron chi connectivity index (χ0n) is 14.8. The molecule has 0 aromatic heterocycles. The van der Waals surface area contributed by atoms with Crippen LogP contribution < -0.4 is 5.32 Å². The van der Waals surface area contributed by atoms with Gasteiger partial charge in [0, 0.05) is 23.2 Å². The highest BCUT2D eigenvalue weighted by atomic mass is 16.7. The molecule has 1 atom stereocenters. The van der Waals surface area contributed by atoms with E-state index in [0.29, 0.717) is 5.56 Å². The van der Waals surface area contributed by atoms with Crippen LogP contribution in [-0.2, 0) is 20.0 Å². The van der Waals surface area contributed by atoms with Crippen LogP contribution in [0.4, 0.5) is 5.69 Å². The zero-order valence-corrected chi connectivity index (χ0v) is 14.8. The number of hydrogen-bond acceptors (Lipinski definition) is 7. The number of nitro groups is 1. The van der Waals surface area contributed by atoms with Crippen molar-refractivity contribution in [2.24, 2.45) is 0 Å². The SMILES string of the molecule is COC(=O)C1=CON2C1(c1cccc([N+](=O)[O-])c1)NC(C)(C)C2(C)C. The Labute approximate surface area is 145 Å². The lowest BCUT2D eigenvalue weighted by atomic mass is 9.84. The molecule has 0 aliphatic carbocycles. The van der Waals surface area contributed by atoms with Gasteiger partial charge >= 0.3 is 5.97 Å². The number of hydrogen-bond donors (Lipinski definition) is 1. The van der Waals surface area contributed by atoms with Crippen molar-refractivity contribution in [3.8, 4) is 0 Å². The van der Waals surface area contributed by atoms with E-state index in [4.69, 9.17) is 9.57 Å². The van der Waals surface area contributed by atoms with Crippen LogP contribution in [0.15, 0.2) is 36.1 Å². The molecule has 0 bridgehead atoms. The summed E-state index contributed by atoms with van der Waals surface area (Å²) in [5, 5.41) is 16.3. The van der Waals surface area contributed by atoms with E-state index < -0.39 is 27.6 Å². The Morgan fingerprint density at radius 3 is 2.60 bits per heavy atom. The number of carbonyl (C=O) groups excluding carboxylic acids is 1. The lowest BCUT2D eigenvalue weighted by molar-refractivity contribution is -0.385. The number of carbonyl (C=O) groups is 1. The van der Waals surface area contributed by atoms with Crippen molar-refractivity contribution in [2.45, 2.75) is 44.4 Å². The maximum Gasteiger partial charge on any atom is 0.340 e. The van der Waals surface area contributed by atoms with Crippen molar-refractivity contribution in [3.05, 3.63) is 51.8 Å². The predicted molar refractivity (Wildman–Crippen MR) is 89.1 cm³/mol. The van der Waals surface area contributed by atoms with E-state index in [1.54, 1.807) is 17.2 Å². The maximum absolute atomic E-state index is 12.4. The van der Waals surface area contributed by atoms with Gasteiger partial charge in [0.15, 0.2) is 5.66 Å². The third-order valence-corrected chi connectivity index (χ3v) is 5.38. The Bertz CT molecular complexity index is 786. The lowest BCUT2D eigenvalue weighted by Crippen LogP contribution is -2.52. The van der Waals surface area contributed by atoms with Crippen LogP contribution in [-0.4, -0.2) is 34.1 Å². The fourth-order valence-corrected chi connectivity index (χ4v) is 3.40. The summed E-state index contributed by atoms with van der Waals surface area (Å²) >= 11 is 0. The van der Waals surface area contributed by atoms with Gasteiger partial charge in [0.2, 0.25) is 0 Å². The van der Waals surface area contributed by atoms with Crippen LogP contribution in [0.1, 0.15) is 33.3 Å². The van der Waals surface area contributed by atoms with Crippen LogP contribution >= 0.6 is 0 Å². The highest BCUT2D eigenvalue weighted by molar-refractivity contribution is 5.91. The summed E-state index contributed by atoms with van der Waals surface area (Å²) in [5.74, 6) is -0.560. The second kappa shape index (κ2) is 5.27. The number of nitrogens with one attached hydrogen (secondary N) is 1. The summed E-state index contributed by atoms with van der Waals surface area (Å²) in [7, 11) is 1.29. The first-order valence-corrected chi connectivity index (χ1v) is 7.88. The summed E-state index contributed by atoms with van der Waals surface area (Å²) in [4.78, 5) is 28.9. The number of benzene rings is 1. The quantitative estimate of drug-likeness (QED) is 0.509. The minimum Gasteiger partial charge on any atom is -0.465 e. The largest absolute Gasteiger partial charge is 0.465 e. The molecule has 2 heterocycles. The number of nitrogens with zero attached hydrogens (tertiary/aromatic N) is 2.